The highest BCUT2D eigenvalue weighted by molar-refractivity contribution is 5.81. The van der Waals surface area contributed by atoms with Crippen molar-refractivity contribution < 1.29 is 19.8 Å². The van der Waals surface area contributed by atoms with Gasteiger partial charge in [-0.3, -0.25) is 9.59 Å². The Morgan fingerprint density at radius 1 is 1.00 bits per heavy atom. The Morgan fingerprint density at radius 2 is 1.63 bits per heavy atom. The number of rotatable bonds is 5. The lowest BCUT2D eigenvalue weighted by atomic mass is 10.0. The predicted molar refractivity (Wildman–Crippen MR) is 101 cm³/mol. The van der Waals surface area contributed by atoms with Crippen LogP contribution in [-0.4, -0.2) is 76.3 Å². The number of carbonyl (C=O) groups is 2. The van der Waals surface area contributed by atoms with Gasteiger partial charge in [-0.05, 0) is 24.8 Å². The zero-order valence-corrected chi connectivity index (χ0v) is 15.5. The molecule has 0 bridgehead atoms. The smallest absolute Gasteiger partial charge is 0.228 e. The SMILES string of the molecule is N[C@@H]1C[C@H](C(=O)N2CCN(C(=O)CCCc3ccccc3)CC2)[C@@H](O)[C@H]1O. The van der Waals surface area contributed by atoms with Gasteiger partial charge in [0.05, 0.1) is 18.1 Å². The molecule has 7 nitrogen and oxygen atoms in total. The normalized spacial score (nSPS) is 28.4. The highest BCUT2D eigenvalue weighted by Gasteiger charge is 2.45. The van der Waals surface area contributed by atoms with Gasteiger partial charge < -0.3 is 25.7 Å². The van der Waals surface area contributed by atoms with Crippen molar-refractivity contribution in [1.82, 2.24) is 9.80 Å². The van der Waals surface area contributed by atoms with E-state index >= 15 is 0 Å². The number of hydrogen-bond donors (Lipinski definition) is 3. The molecule has 2 amide bonds. The molecule has 4 atom stereocenters. The maximum atomic E-state index is 12.6. The molecule has 7 heteroatoms. The molecular weight excluding hydrogens is 346 g/mol. The minimum absolute atomic E-state index is 0.122. The van der Waals surface area contributed by atoms with E-state index in [1.807, 2.05) is 18.2 Å². The van der Waals surface area contributed by atoms with Crippen LogP contribution in [0.25, 0.3) is 0 Å². The van der Waals surface area contributed by atoms with E-state index in [4.69, 9.17) is 5.73 Å². The zero-order valence-electron chi connectivity index (χ0n) is 15.5. The zero-order chi connectivity index (χ0) is 19.4. The lowest BCUT2D eigenvalue weighted by molar-refractivity contribution is -0.145. The highest BCUT2D eigenvalue weighted by Crippen LogP contribution is 2.27. The summed E-state index contributed by atoms with van der Waals surface area (Å²) in [6, 6.07) is 9.54. The van der Waals surface area contributed by atoms with Crippen LogP contribution >= 0.6 is 0 Å². The van der Waals surface area contributed by atoms with Crippen molar-refractivity contribution in [2.24, 2.45) is 11.7 Å². The molecule has 148 valence electrons. The third-order valence-corrected chi connectivity index (χ3v) is 5.69. The van der Waals surface area contributed by atoms with E-state index in [2.05, 4.69) is 12.1 Å². The summed E-state index contributed by atoms with van der Waals surface area (Å²) in [6.07, 6.45) is 0.334. The van der Waals surface area contributed by atoms with Gasteiger partial charge in [-0.1, -0.05) is 30.3 Å². The van der Waals surface area contributed by atoms with Crippen molar-refractivity contribution in [1.29, 1.82) is 0 Å². The minimum Gasteiger partial charge on any atom is -0.390 e. The second-order valence-corrected chi connectivity index (χ2v) is 7.53. The van der Waals surface area contributed by atoms with Crippen LogP contribution in [0, 0.1) is 5.92 Å². The molecule has 1 aromatic carbocycles. The van der Waals surface area contributed by atoms with E-state index in [-0.39, 0.29) is 11.8 Å². The number of benzene rings is 1. The third kappa shape index (κ3) is 4.66. The number of piperazine rings is 1. The Bertz CT molecular complexity index is 646. The van der Waals surface area contributed by atoms with E-state index in [9.17, 15) is 19.8 Å². The predicted octanol–water partition coefficient (Wildman–Crippen LogP) is -0.251. The summed E-state index contributed by atoms with van der Waals surface area (Å²) in [4.78, 5) is 28.5. The highest BCUT2D eigenvalue weighted by atomic mass is 16.3. The number of aliphatic hydroxyl groups excluding tert-OH is 2. The fourth-order valence-corrected chi connectivity index (χ4v) is 3.97. The van der Waals surface area contributed by atoms with Gasteiger partial charge in [-0.15, -0.1) is 0 Å². The second-order valence-electron chi connectivity index (χ2n) is 7.53. The van der Waals surface area contributed by atoms with Gasteiger partial charge in [0.25, 0.3) is 0 Å². The Kier molecular flexibility index (Phi) is 6.46. The summed E-state index contributed by atoms with van der Waals surface area (Å²) < 4.78 is 0. The van der Waals surface area contributed by atoms with Gasteiger partial charge in [-0.2, -0.15) is 0 Å². The van der Waals surface area contributed by atoms with E-state index in [1.54, 1.807) is 9.80 Å². The van der Waals surface area contributed by atoms with Crippen molar-refractivity contribution >= 4 is 11.8 Å². The molecule has 1 aromatic rings. The van der Waals surface area contributed by atoms with E-state index in [1.165, 1.54) is 5.56 Å². The average Bonchev–Trinajstić information content (AvgIpc) is 2.95. The molecule has 0 spiro atoms. The van der Waals surface area contributed by atoms with Crippen molar-refractivity contribution in [2.75, 3.05) is 26.2 Å². The first-order chi connectivity index (χ1) is 13.0. The number of amides is 2. The molecule has 1 aliphatic carbocycles. The fraction of sp³-hybridized carbons (Fsp3) is 0.600. The van der Waals surface area contributed by atoms with Crippen LogP contribution in [0.1, 0.15) is 24.8 Å². The van der Waals surface area contributed by atoms with Crippen LogP contribution in [0.5, 0.6) is 0 Å². The molecule has 1 heterocycles. The quantitative estimate of drug-likeness (QED) is 0.658. The molecule has 0 aromatic heterocycles. The average molecular weight is 375 g/mol. The monoisotopic (exact) mass is 375 g/mol. The largest absolute Gasteiger partial charge is 0.390 e. The first-order valence-corrected chi connectivity index (χ1v) is 9.69. The molecule has 27 heavy (non-hydrogen) atoms. The Morgan fingerprint density at radius 3 is 2.22 bits per heavy atom. The van der Waals surface area contributed by atoms with E-state index in [0.29, 0.717) is 39.0 Å². The van der Waals surface area contributed by atoms with Crippen molar-refractivity contribution in [3.63, 3.8) is 0 Å². The van der Waals surface area contributed by atoms with Crippen LogP contribution in [0.4, 0.5) is 0 Å². The molecule has 1 aliphatic heterocycles. The van der Waals surface area contributed by atoms with Crippen LogP contribution in [-0.2, 0) is 16.0 Å². The van der Waals surface area contributed by atoms with Gasteiger partial charge >= 0.3 is 0 Å². The number of nitrogens with two attached hydrogens (primary N) is 1. The Hall–Kier alpha value is -1.96. The summed E-state index contributed by atoms with van der Waals surface area (Å²) in [7, 11) is 0. The number of carbonyl (C=O) groups excluding carboxylic acids is 2. The third-order valence-electron chi connectivity index (χ3n) is 5.69. The number of hydrogen-bond acceptors (Lipinski definition) is 5. The van der Waals surface area contributed by atoms with E-state index in [0.717, 1.165) is 12.8 Å². The van der Waals surface area contributed by atoms with E-state index < -0.39 is 24.2 Å². The van der Waals surface area contributed by atoms with Gasteiger partial charge in [0.1, 0.15) is 0 Å². The molecule has 0 unspecified atom stereocenters. The summed E-state index contributed by atoms with van der Waals surface area (Å²) >= 11 is 0. The first-order valence-electron chi connectivity index (χ1n) is 9.69. The van der Waals surface area contributed by atoms with Gasteiger partial charge in [0, 0.05) is 38.6 Å². The maximum absolute atomic E-state index is 12.6. The molecule has 4 N–H and O–H groups in total. The number of aryl methyl sites for hydroxylation is 1. The summed E-state index contributed by atoms with van der Waals surface area (Å²) in [6.45, 7) is 1.93. The van der Waals surface area contributed by atoms with Crippen LogP contribution < -0.4 is 5.73 Å². The molecular formula is C20H29N3O4. The van der Waals surface area contributed by atoms with Gasteiger partial charge in [0.2, 0.25) is 11.8 Å². The summed E-state index contributed by atoms with van der Waals surface area (Å²) in [5.74, 6) is -0.704. The van der Waals surface area contributed by atoms with Gasteiger partial charge in [0.15, 0.2) is 0 Å². The van der Waals surface area contributed by atoms with Crippen LogP contribution in [0.15, 0.2) is 30.3 Å². The first kappa shape index (κ1) is 19.8. The number of nitrogens with zero attached hydrogens (tertiary/aromatic N) is 2. The minimum atomic E-state index is -1.11. The molecule has 2 fully saturated rings. The molecule has 2 aliphatic rings. The van der Waals surface area contributed by atoms with Crippen LogP contribution in [0.3, 0.4) is 0 Å². The summed E-state index contributed by atoms with van der Waals surface area (Å²) in [5.41, 5.74) is 6.98. The molecule has 0 radical (unpaired) electrons. The van der Waals surface area contributed by atoms with Crippen molar-refractivity contribution in [3.05, 3.63) is 35.9 Å². The van der Waals surface area contributed by atoms with Crippen molar-refractivity contribution in [3.8, 4) is 0 Å². The van der Waals surface area contributed by atoms with Crippen LogP contribution in [0.2, 0.25) is 0 Å². The molecule has 1 saturated carbocycles. The lowest BCUT2D eigenvalue weighted by Crippen LogP contribution is -2.53. The van der Waals surface area contributed by atoms with Gasteiger partial charge in [-0.25, -0.2) is 0 Å². The second kappa shape index (κ2) is 8.82. The fourth-order valence-electron chi connectivity index (χ4n) is 3.97. The summed E-state index contributed by atoms with van der Waals surface area (Å²) in [5, 5.41) is 19.8. The van der Waals surface area contributed by atoms with Crippen molar-refractivity contribution in [2.45, 2.75) is 43.9 Å². The number of aliphatic hydroxyl groups is 2. The maximum Gasteiger partial charge on any atom is 0.228 e. The molecule has 1 saturated heterocycles. The Balaban J connectivity index is 1.42. The molecule has 3 rings (SSSR count). The lowest BCUT2D eigenvalue weighted by Gasteiger charge is -2.36. The topological polar surface area (TPSA) is 107 Å². The Labute approximate surface area is 159 Å². The standard InChI is InChI=1S/C20H29N3O4/c21-16-13-15(18(25)19(16)26)20(27)23-11-9-22(10-12-23)17(24)8-4-7-14-5-2-1-3-6-14/h1-3,5-6,15-16,18-19,25-26H,4,7-13,21H2/t15-,16+,18+,19-/m0/s1.